The van der Waals surface area contributed by atoms with Crippen LogP contribution in [0.1, 0.15) is 5.56 Å². The average Bonchev–Trinajstić information content (AvgIpc) is 2.71. The van der Waals surface area contributed by atoms with Crippen LogP contribution < -0.4 is 10.1 Å². The van der Waals surface area contributed by atoms with Crippen molar-refractivity contribution in [1.29, 1.82) is 5.26 Å². The van der Waals surface area contributed by atoms with Crippen molar-refractivity contribution in [3.05, 3.63) is 57.8 Å². The second kappa shape index (κ2) is 11.7. The first-order chi connectivity index (χ1) is 15.2. The summed E-state index contributed by atoms with van der Waals surface area (Å²) in [5.41, 5.74) is -0.613. The zero-order valence-corrected chi connectivity index (χ0v) is 20.8. The number of nitrogens with one attached hydrogen (secondary N) is 1. The first kappa shape index (κ1) is 27.6. The Labute approximate surface area is 208 Å². The number of nitriles is 1. The lowest BCUT2D eigenvalue weighted by Gasteiger charge is -2.49. The minimum atomic E-state index is -3.82. The molecule has 0 atom stereocenters. The number of sulfonamides is 1. The molecular weight excluding hydrogens is 516 g/mol. The lowest BCUT2D eigenvalue weighted by Crippen LogP contribution is -2.64. The van der Waals surface area contributed by atoms with Crippen LogP contribution >= 0.6 is 35.6 Å². The molecule has 0 bridgehead atoms. The van der Waals surface area contributed by atoms with Crippen LogP contribution in [0.4, 0.5) is 4.39 Å². The number of halogens is 4. The molecule has 0 saturated carbocycles. The molecule has 2 aromatic rings. The number of benzene rings is 2. The summed E-state index contributed by atoms with van der Waals surface area (Å²) in [4.78, 5) is -0.0143. The smallest absolute Gasteiger partial charge is 0.244 e. The van der Waals surface area contributed by atoms with Gasteiger partial charge in [0.1, 0.15) is 22.5 Å². The molecule has 0 unspecified atom stereocenters. The van der Waals surface area contributed by atoms with Crippen LogP contribution in [0, 0.1) is 22.6 Å². The molecule has 3 rings (SSSR count). The van der Waals surface area contributed by atoms with Crippen LogP contribution in [0.5, 0.6) is 5.75 Å². The SMILES string of the molecule is COCCNCC1(COc2ccc(C#N)c(F)c2)CN(S(=O)(=O)c2ccc(Cl)cc2Cl)C1.Cl. The quantitative estimate of drug-likeness (QED) is 0.464. The molecular formula is C21H23Cl3FN3O4S. The van der Waals surface area contributed by atoms with E-state index >= 15 is 0 Å². The highest BCUT2D eigenvalue weighted by molar-refractivity contribution is 7.89. The van der Waals surface area contributed by atoms with Crippen LogP contribution in [0.25, 0.3) is 0 Å². The van der Waals surface area contributed by atoms with E-state index in [1.807, 2.05) is 0 Å². The molecule has 1 heterocycles. The number of hydrogen-bond donors (Lipinski definition) is 1. The Morgan fingerprint density at radius 2 is 1.97 bits per heavy atom. The van der Waals surface area contributed by atoms with Crippen LogP contribution in [0.15, 0.2) is 41.3 Å². The van der Waals surface area contributed by atoms with E-state index in [9.17, 15) is 12.8 Å². The Bertz CT molecular complexity index is 1120. The van der Waals surface area contributed by atoms with Crippen LogP contribution in [-0.2, 0) is 14.8 Å². The predicted molar refractivity (Wildman–Crippen MR) is 126 cm³/mol. The molecule has 12 heteroatoms. The van der Waals surface area contributed by atoms with Gasteiger partial charge in [0, 0.05) is 49.8 Å². The Kier molecular flexibility index (Phi) is 9.76. The van der Waals surface area contributed by atoms with Gasteiger partial charge in [0.25, 0.3) is 0 Å². The fourth-order valence-electron chi connectivity index (χ4n) is 3.39. The Balaban J connectivity index is 0.00000385. The number of nitrogens with zero attached hydrogens (tertiary/aromatic N) is 2. The van der Waals surface area contributed by atoms with Gasteiger partial charge in [0.05, 0.1) is 23.8 Å². The third kappa shape index (κ3) is 6.49. The van der Waals surface area contributed by atoms with Gasteiger partial charge in [0.15, 0.2) is 0 Å². The van der Waals surface area contributed by atoms with E-state index in [1.54, 1.807) is 13.2 Å². The van der Waals surface area contributed by atoms with Gasteiger partial charge in [-0.3, -0.25) is 0 Å². The van der Waals surface area contributed by atoms with E-state index in [1.165, 1.54) is 34.6 Å². The Hall–Kier alpha value is -1.64. The fraction of sp³-hybridized carbons (Fsp3) is 0.381. The highest BCUT2D eigenvalue weighted by Gasteiger charge is 2.49. The molecule has 1 aliphatic rings. The molecule has 0 aliphatic carbocycles. The maximum absolute atomic E-state index is 13.9. The fourth-order valence-corrected chi connectivity index (χ4v) is 5.80. The molecule has 0 radical (unpaired) electrons. The van der Waals surface area contributed by atoms with Gasteiger partial charge in [-0.2, -0.15) is 9.57 Å². The van der Waals surface area contributed by atoms with Gasteiger partial charge in [-0.05, 0) is 30.3 Å². The number of hydrogen-bond acceptors (Lipinski definition) is 6. The van der Waals surface area contributed by atoms with E-state index in [0.29, 0.717) is 24.7 Å². The third-order valence-electron chi connectivity index (χ3n) is 5.12. The topological polar surface area (TPSA) is 91.7 Å². The van der Waals surface area contributed by atoms with Crippen molar-refractivity contribution in [1.82, 2.24) is 9.62 Å². The molecule has 0 amide bonds. The summed E-state index contributed by atoms with van der Waals surface area (Å²) in [6, 6.07) is 10.00. The molecule has 0 aromatic heterocycles. The van der Waals surface area contributed by atoms with Gasteiger partial charge < -0.3 is 14.8 Å². The minimum Gasteiger partial charge on any atom is -0.493 e. The summed E-state index contributed by atoms with van der Waals surface area (Å²) in [6.45, 7) is 2.08. The number of ether oxygens (including phenoxy) is 2. The normalized spacial score (nSPS) is 15.2. The molecule has 1 N–H and O–H groups in total. The van der Waals surface area contributed by atoms with Crippen molar-refractivity contribution in [3.8, 4) is 11.8 Å². The van der Waals surface area contributed by atoms with E-state index in [4.69, 9.17) is 37.9 Å². The monoisotopic (exact) mass is 537 g/mol. The highest BCUT2D eigenvalue weighted by atomic mass is 35.5. The van der Waals surface area contributed by atoms with Crippen LogP contribution in [0.3, 0.4) is 0 Å². The van der Waals surface area contributed by atoms with Crippen molar-refractivity contribution >= 4 is 45.6 Å². The summed E-state index contributed by atoms with van der Waals surface area (Å²) in [6.07, 6.45) is 0. The van der Waals surface area contributed by atoms with E-state index < -0.39 is 21.3 Å². The Morgan fingerprint density at radius 1 is 1.24 bits per heavy atom. The summed E-state index contributed by atoms with van der Waals surface area (Å²) in [7, 11) is -2.23. The summed E-state index contributed by atoms with van der Waals surface area (Å²) in [5, 5.41) is 12.5. The highest BCUT2D eigenvalue weighted by Crippen LogP contribution is 2.37. The summed E-state index contributed by atoms with van der Waals surface area (Å²) < 4.78 is 52.1. The minimum absolute atomic E-state index is 0. The first-order valence-corrected chi connectivity index (χ1v) is 11.9. The van der Waals surface area contributed by atoms with Crippen molar-refractivity contribution in [2.75, 3.05) is 46.5 Å². The van der Waals surface area contributed by atoms with Gasteiger partial charge in [-0.15, -0.1) is 12.4 Å². The molecule has 7 nitrogen and oxygen atoms in total. The predicted octanol–water partition coefficient (Wildman–Crippen LogP) is 3.73. The van der Waals surface area contributed by atoms with Gasteiger partial charge in [0.2, 0.25) is 10.0 Å². The molecule has 0 spiro atoms. The third-order valence-corrected chi connectivity index (χ3v) is 7.63. The van der Waals surface area contributed by atoms with Crippen molar-refractivity contribution in [2.45, 2.75) is 4.90 Å². The maximum atomic E-state index is 13.9. The number of methoxy groups -OCH3 is 1. The van der Waals surface area contributed by atoms with E-state index in [0.717, 1.165) is 6.07 Å². The van der Waals surface area contributed by atoms with Gasteiger partial charge >= 0.3 is 0 Å². The first-order valence-electron chi connectivity index (χ1n) is 9.68. The molecule has 1 aliphatic heterocycles. The lowest BCUT2D eigenvalue weighted by atomic mass is 9.82. The van der Waals surface area contributed by atoms with Crippen molar-refractivity contribution < 1.29 is 22.3 Å². The van der Waals surface area contributed by atoms with E-state index in [-0.39, 0.29) is 53.3 Å². The average molecular weight is 539 g/mol. The van der Waals surface area contributed by atoms with Gasteiger partial charge in [-0.25, -0.2) is 12.8 Å². The molecule has 2 aromatic carbocycles. The zero-order chi connectivity index (χ0) is 23.4. The molecule has 180 valence electrons. The molecule has 1 saturated heterocycles. The molecule has 1 fully saturated rings. The maximum Gasteiger partial charge on any atom is 0.244 e. The van der Waals surface area contributed by atoms with Crippen LogP contribution in [0.2, 0.25) is 10.0 Å². The van der Waals surface area contributed by atoms with E-state index in [2.05, 4.69) is 5.32 Å². The van der Waals surface area contributed by atoms with Crippen molar-refractivity contribution in [2.24, 2.45) is 5.41 Å². The summed E-state index contributed by atoms with van der Waals surface area (Å²) >= 11 is 12.0. The number of rotatable bonds is 10. The summed E-state index contributed by atoms with van der Waals surface area (Å²) in [5.74, 6) is -0.410. The largest absolute Gasteiger partial charge is 0.493 e. The van der Waals surface area contributed by atoms with Crippen molar-refractivity contribution in [3.63, 3.8) is 0 Å². The standard InChI is InChI=1S/C21H22Cl2FN3O4S.ClH/c1-30-7-6-26-11-21(14-31-17-4-2-15(10-25)19(24)9-17)12-27(13-21)32(28,29)20-5-3-16(22)8-18(20)23;/h2-5,8-9,26H,6-7,11-14H2,1H3;1H. The van der Waals surface area contributed by atoms with Gasteiger partial charge in [-0.1, -0.05) is 23.2 Å². The Morgan fingerprint density at radius 3 is 2.58 bits per heavy atom. The molecule has 33 heavy (non-hydrogen) atoms. The lowest BCUT2D eigenvalue weighted by molar-refractivity contribution is 0.0182. The zero-order valence-electron chi connectivity index (χ0n) is 17.7. The second-order valence-corrected chi connectivity index (χ2v) is 10.3. The van der Waals surface area contributed by atoms with Crippen LogP contribution in [-0.4, -0.2) is 59.2 Å². The second-order valence-electron chi connectivity index (χ2n) is 7.56.